The molecule has 2 N–H and O–H groups in total. The molecule has 0 spiro atoms. The summed E-state index contributed by atoms with van der Waals surface area (Å²) in [4.78, 5) is 7.10. The van der Waals surface area contributed by atoms with Gasteiger partial charge in [-0.1, -0.05) is 11.6 Å². The predicted molar refractivity (Wildman–Crippen MR) is 79.3 cm³/mol. The zero-order valence-corrected chi connectivity index (χ0v) is 12.3. The molecule has 0 bridgehead atoms. The minimum absolute atomic E-state index is 0.292. The van der Waals surface area contributed by atoms with Crippen molar-refractivity contribution in [1.82, 2.24) is 0 Å². The highest BCUT2D eigenvalue weighted by Gasteiger charge is 2.30. The van der Waals surface area contributed by atoms with Crippen LogP contribution in [0.15, 0.2) is 4.99 Å². The van der Waals surface area contributed by atoms with Gasteiger partial charge in [-0.05, 0) is 33.3 Å². The summed E-state index contributed by atoms with van der Waals surface area (Å²) >= 11 is 7.82. The normalized spacial score (nSPS) is 19.4. The molecule has 1 aliphatic rings. The van der Waals surface area contributed by atoms with Crippen LogP contribution in [0.1, 0.15) is 29.9 Å². The van der Waals surface area contributed by atoms with Crippen LogP contribution < -0.4 is 4.90 Å². The second-order valence-electron chi connectivity index (χ2n) is 4.37. The highest BCUT2D eigenvalue weighted by atomic mass is 35.5. The van der Waals surface area contributed by atoms with Gasteiger partial charge < -0.3 is 0 Å². The first-order valence-electron chi connectivity index (χ1n) is 5.62. The molecule has 96 valence electrons. The summed E-state index contributed by atoms with van der Waals surface area (Å²) < 4.78 is 0. The third-order valence-corrected chi connectivity index (χ3v) is 4.53. The summed E-state index contributed by atoms with van der Waals surface area (Å²) in [6, 6.07) is -0.336. The highest BCUT2D eigenvalue weighted by molar-refractivity contribution is 7.17. The molecule has 2 heterocycles. The zero-order valence-electron chi connectivity index (χ0n) is 10.8. The van der Waals surface area contributed by atoms with Crippen LogP contribution in [-0.4, -0.2) is 22.9 Å². The van der Waals surface area contributed by atoms with Gasteiger partial charge in [0.25, 0.3) is 0 Å². The molecule has 2 rings (SSSR count). The molecule has 18 heavy (non-hydrogen) atoms. The van der Waals surface area contributed by atoms with E-state index < -0.39 is 0 Å². The maximum Gasteiger partial charge on any atom is 0.134 e. The largest absolute Gasteiger partial charge is 0.288 e. The first-order valence-corrected chi connectivity index (χ1v) is 6.81. The van der Waals surface area contributed by atoms with Gasteiger partial charge in [0.1, 0.15) is 27.9 Å². The number of amidine groups is 2. The van der Waals surface area contributed by atoms with Gasteiger partial charge in [-0.25, -0.2) is 0 Å². The standard InChI is InChI=1S/C12H15ClN4S/c1-5-7(3)18-12-9(5)10(13)16-6(2)11(15)17(12)8(4)14/h6,14-15H,1-4H3/t6-/m0/s1. The van der Waals surface area contributed by atoms with E-state index in [1.54, 1.807) is 23.2 Å². The van der Waals surface area contributed by atoms with Gasteiger partial charge in [0.15, 0.2) is 0 Å². The molecular formula is C12H15ClN4S. The molecule has 1 aromatic rings. The van der Waals surface area contributed by atoms with Gasteiger partial charge >= 0.3 is 0 Å². The Kier molecular flexibility index (Phi) is 3.29. The SMILES string of the molecule is CC(=N)N1C(=N)[C@H](C)N=C(Cl)c2c1sc(C)c2C. The lowest BCUT2D eigenvalue weighted by atomic mass is 10.1. The van der Waals surface area contributed by atoms with Crippen LogP contribution >= 0.6 is 22.9 Å². The third-order valence-electron chi connectivity index (χ3n) is 3.06. The van der Waals surface area contributed by atoms with Crippen LogP contribution in [0.2, 0.25) is 0 Å². The van der Waals surface area contributed by atoms with Crippen molar-refractivity contribution < 1.29 is 0 Å². The van der Waals surface area contributed by atoms with Crippen LogP contribution in [0.4, 0.5) is 5.00 Å². The minimum Gasteiger partial charge on any atom is -0.288 e. The van der Waals surface area contributed by atoms with E-state index in [1.165, 1.54) is 0 Å². The summed E-state index contributed by atoms with van der Waals surface area (Å²) in [7, 11) is 0. The highest BCUT2D eigenvalue weighted by Crippen LogP contribution is 2.39. The van der Waals surface area contributed by atoms with Gasteiger partial charge in [-0.3, -0.25) is 20.7 Å². The fourth-order valence-corrected chi connectivity index (χ4v) is 3.59. The molecule has 1 aliphatic heterocycles. The number of hydrogen-bond donors (Lipinski definition) is 2. The van der Waals surface area contributed by atoms with Gasteiger partial charge in [-0.2, -0.15) is 0 Å². The number of anilines is 1. The average molecular weight is 283 g/mol. The van der Waals surface area contributed by atoms with E-state index in [1.807, 2.05) is 20.8 Å². The Morgan fingerprint density at radius 2 is 2.06 bits per heavy atom. The Bertz CT molecular complexity index is 573. The number of nitrogens with one attached hydrogen (secondary N) is 2. The van der Waals surface area contributed by atoms with Gasteiger partial charge in [0.05, 0.1) is 0 Å². The van der Waals surface area contributed by atoms with Gasteiger partial charge in [-0.15, -0.1) is 11.3 Å². The van der Waals surface area contributed by atoms with Crippen molar-refractivity contribution in [2.24, 2.45) is 4.99 Å². The summed E-state index contributed by atoms with van der Waals surface area (Å²) in [6.45, 7) is 7.51. The van der Waals surface area contributed by atoms with E-state index in [2.05, 4.69) is 4.99 Å². The fourth-order valence-electron chi connectivity index (χ4n) is 1.93. The monoisotopic (exact) mass is 282 g/mol. The topological polar surface area (TPSA) is 63.3 Å². The van der Waals surface area contributed by atoms with E-state index in [4.69, 9.17) is 22.4 Å². The fraction of sp³-hybridized carbons (Fsp3) is 0.417. The predicted octanol–water partition coefficient (Wildman–Crippen LogP) is 3.53. The van der Waals surface area contributed by atoms with Gasteiger partial charge in [0.2, 0.25) is 0 Å². The molecule has 1 atom stereocenters. The average Bonchev–Trinajstić information content (AvgIpc) is 2.49. The van der Waals surface area contributed by atoms with E-state index in [0.29, 0.717) is 16.8 Å². The quantitative estimate of drug-likeness (QED) is 0.555. The van der Waals surface area contributed by atoms with E-state index in [0.717, 1.165) is 21.0 Å². The Labute approximate surface area is 115 Å². The Hall–Kier alpha value is -1.20. The molecule has 0 saturated heterocycles. The zero-order chi connectivity index (χ0) is 13.6. The molecule has 0 fully saturated rings. The van der Waals surface area contributed by atoms with Crippen molar-refractivity contribution >= 4 is 44.8 Å². The molecule has 0 radical (unpaired) electrons. The van der Waals surface area contributed by atoms with Crippen LogP contribution in [0.25, 0.3) is 0 Å². The second-order valence-corrected chi connectivity index (χ2v) is 5.93. The van der Waals surface area contributed by atoms with Crippen molar-refractivity contribution in [3.8, 4) is 0 Å². The molecule has 0 saturated carbocycles. The third kappa shape index (κ3) is 1.87. The first kappa shape index (κ1) is 13.2. The molecule has 0 aromatic carbocycles. The number of rotatable bonds is 0. The Balaban J connectivity index is 2.75. The molecular weight excluding hydrogens is 268 g/mol. The lowest BCUT2D eigenvalue weighted by Crippen LogP contribution is -2.38. The number of hydrogen-bond acceptors (Lipinski definition) is 4. The summed E-state index contributed by atoms with van der Waals surface area (Å²) in [5.74, 6) is 0.608. The Morgan fingerprint density at radius 3 is 2.61 bits per heavy atom. The maximum absolute atomic E-state index is 8.15. The van der Waals surface area contributed by atoms with E-state index >= 15 is 0 Å². The number of halogens is 1. The second kappa shape index (κ2) is 4.48. The molecule has 4 nitrogen and oxygen atoms in total. The molecule has 0 unspecified atom stereocenters. The van der Waals surface area contributed by atoms with Crippen LogP contribution in [0, 0.1) is 24.7 Å². The van der Waals surface area contributed by atoms with Crippen molar-refractivity contribution in [1.29, 1.82) is 10.8 Å². The lowest BCUT2D eigenvalue weighted by molar-refractivity contribution is 0.954. The lowest BCUT2D eigenvalue weighted by Gasteiger charge is -2.23. The van der Waals surface area contributed by atoms with Crippen molar-refractivity contribution in [3.05, 3.63) is 16.0 Å². The molecule has 0 aliphatic carbocycles. The van der Waals surface area contributed by atoms with Gasteiger partial charge in [0, 0.05) is 10.4 Å². The number of aliphatic imine (C=N–C) groups is 1. The van der Waals surface area contributed by atoms with Crippen molar-refractivity contribution in [2.45, 2.75) is 33.7 Å². The van der Waals surface area contributed by atoms with Crippen molar-refractivity contribution in [2.75, 3.05) is 4.90 Å². The summed E-state index contributed by atoms with van der Waals surface area (Å²) in [5, 5.41) is 17.3. The first-order chi connectivity index (χ1) is 8.34. The van der Waals surface area contributed by atoms with Crippen molar-refractivity contribution in [3.63, 3.8) is 0 Å². The van der Waals surface area contributed by atoms with Crippen LogP contribution in [0.3, 0.4) is 0 Å². The summed E-state index contributed by atoms with van der Waals surface area (Å²) in [5.41, 5.74) is 1.94. The van der Waals surface area contributed by atoms with E-state index in [9.17, 15) is 0 Å². The molecule has 0 amide bonds. The number of fused-ring (bicyclic) bond motifs is 1. The van der Waals surface area contributed by atoms with E-state index in [-0.39, 0.29) is 6.04 Å². The van der Waals surface area contributed by atoms with Crippen LogP contribution in [0.5, 0.6) is 0 Å². The smallest absolute Gasteiger partial charge is 0.134 e. The summed E-state index contributed by atoms with van der Waals surface area (Å²) in [6.07, 6.45) is 0. The Morgan fingerprint density at radius 1 is 1.44 bits per heavy atom. The maximum atomic E-state index is 8.15. The minimum atomic E-state index is -0.336. The molecule has 6 heteroatoms. The number of aryl methyl sites for hydroxylation is 1. The number of thiophene rings is 1. The van der Waals surface area contributed by atoms with Crippen LogP contribution in [-0.2, 0) is 0 Å². The number of nitrogens with zero attached hydrogens (tertiary/aromatic N) is 2. The molecule has 1 aromatic heterocycles.